The molecule has 0 saturated carbocycles. The predicted octanol–water partition coefficient (Wildman–Crippen LogP) is 1.19. The lowest BCUT2D eigenvalue weighted by Gasteiger charge is -2.14. The number of aryl methyl sites for hydroxylation is 2. The second-order valence-electron chi connectivity index (χ2n) is 6.77. The van der Waals surface area contributed by atoms with Crippen LogP contribution in [0.3, 0.4) is 0 Å². The molecule has 7 nitrogen and oxygen atoms in total. The van der Waals surface area contributed by atoms with Crippen molar-refractivity contribution in [2.24, 2.45) is 0 Å². The van der Waals surface area contributed by atoms with Crippen molar-refractivity contribution in [1.82, 2.24) is 15.4 Å². The maximum Gasteiger partial charge on any atom is 0.241 e. The normalized spacial score (nSPS) is 15.7. The molecule has 0 spiro atoms. The van der Waals surface area contributed by atoms with E-state index in [2.05, 4.69) is 15.4 Å². The molecule has 2 aromatic rings. The molecule has 3 N–H and O–H groups in total. The summed E-state index contributed by atoms with van der Waals surface area (Å²) in [6.07, 6.45) is 1.74. The van der Waals surface area contributed by atoms with Crippen LogP contribution in [-0.2, 0) is 26.0 Å². The molecule has 0 saturated heterocycles. The second-order valence-corrected chi connectivity index (χ2v) is 8.54. The maximum absolute atomic E-state index is 12.2. The van der Waals surface area contributed by atoms with Gasteiger partial charge in [0.2, 0.25) is 21.8 Å². The zero-order valence-corrected chi connectivity index (χ0v) is 16.4. The summed E-state index contributed by atoms with van der Waals surface area (Å²) in [6, 6.07) is 14.2. The van der Waals surface area contributed by atoms with Gasteiger partial charge in [-0.15, -0.1) is 0 Å². The third kappa shape index (κ3) is 4.96. The molecule has 0 aromatic heterocycles. The van der Waals surface area contributed by atoms with Crippen molar-refractivity contribution in [2.75, 3.05) is 13.1 Å². The van der Waals surface area contributed by atoms with Crippen LogP contribution in [-0.4, -0.2) is 33.3 Å². The van der Waals surface area contributed by atoms with E-state index in [0.29, 0.717) is 0 Å². The number of fused-ring (bicyclic) bond motifs is 1. The molecular weight excluding hydrogens is 378 g/mol. The molecule has 8 heteroatoms. The van der Waals surface area contributed by atoms with Gasteiger partial charge in [-0.25, -0.2) is 13.1 Å². The van der Waals surface area contributed by atoms with Crippen LogP contribution in [0.5, 0.6) is 0 Å². The van der Waals surface area contributed by atoms with Crippen LogP contribution in [0.25, 0.3) is 0 Å². The Bertz CT molecular complexity index is 971. The fraction of sp³-hybridized carbons (Fsp3) is 0.300. The molecule has 1 unspecified atom stereocenters. The van der Waals surface area contributed by atoms with Crippen molar-refractivity contribution in [3.63, 3.8) is 0 Å². The Balaban J connectivity index is 1.44. The number of hydrogen-bond donors (Lipinski definition) is 3. The molecule has 3 rings (SSSR count). The Labute approximate surface area is 164 Å². The molecule has 1 atom stereocenters. The number of benzene rings is 2. The summed E-state index contributed by atoms with van der Waals surface area (Å²) in [6.45, 7) is 1.21. The fourth-order valence-corrected chi connectivity index (χ4v) is 4.14. The Morgan fingerprint density at radius 3 is 2.46 bits per heavy atom. The number of hydrogen-bond acceptors (Lipinski definition) is 4. The van der Waals surface area contributed by atoms with E-state index < -0.39 is 22.5 Å². The third-order valence-electron chi connectivity index (χ3n) is 4.67. The zero-order chi connectivity index (χ0) is 20.1. The third-order valence-corrected chi connectivity index (χ3v) is 6.09. The first-order valence-corrected chi connectivity index (χ1v) is 10.5. The summed E-state index contributed by atoms with van der Waals surface area (Å²) in [5, 5.41) is 5.34. The zero-order valence-electron chi connectivity index (χ0n) is 15.6. The minimum atomic E-state index is -3.77. The first-order chi connectivity index (χ1) is 13.3. The van der Waals surface area contributed by atoms with Gasteiger partial charge in [-0.2, -0.15) is 0 Å². The lowest BCUT2D eigenvalue weighted by Crippen LogP contribution is -2.42. The molecule has 0 aliphatic heterocycles. The summed E-state index contributed by atoms with van der Waals surface area (Å²) in [5.41, 5.74) is 3.27. The molecular formula is C20H23N3O4S. The molecule has 148 valence electrons. The van der Waals surface area contributed by atoms with Crippen molar-refractivity contribution in [3.05, 3.63) is 65.2 Å². The number of sulfonamides is 1. The summed E-state index contributed by atoms with van der Waals surface area (Å²) >= 11 is 0. The van der Waals surface area contributed by atoms with E-state index in [9.17, 15) is 18.0 Å². The minimum Gasteiger partial charge on any atom is -0.348 e. The standard InChI is InChI=1S/C20H23N3O4S/c1-14-6-9-16(10-7-14)28(26,27)22-13-19(24)21-12-20(25)23-18-11-8-15-4-2-3-5-17(15)18/h2-7,9-10,18,22H,8,11-13H2,1H3,(H,21,24)(H,23,25). The maximum atomic E-state index is 12.2. The topological polar surface area (TPSA) is 104 Å². The highest BCUT2D eigenvalue weighted by Gasteiger charge is 2.23. The van der Waals surface area contributed by atoms with E-state index >= 15 is 0 Å². The van der Waals surface area contributed by atoms with Crippen LogP contribution in [0.2, 0.25) is 0 Å². The van der Waals surface area contributed by atoms with Gasteiger partial charge in [-0.3, -0.25) is 9.59 Å². The first kappa shape index (κ1) is 20.0. The summed E-state index contributed by atoms with van der Waals surface area (Å²) in [4.78, 5) is 24.1. The van der Waals surface area contributed by atoms with Crippen LogP contribution < -0.4 is 15.4 Å². The van der Waals surface area contributed by atoms with Crippen molar-refractivity contribution < 1.29 is 18.0 Å². The van der Waals surface area contributed by atoms with Crippen molar-refractivity contribution in [3.8, 4) is 0 Å². The van der Waals surface area contributed by atoms with E-state index in [4.69, 9.17) is 0 Å². The van der Waals surface area contributed by atoms with E-state index in [0.717, 1.165) is 24.0 Å². The molecule has 0 bridgehead atoms. The molecule has 28 heavy (non-hydrogen) atoms. The van der Waals surface area contributed by atoms with Gasteiger partial charge in [0, 0.05) is 0 Å². The molecule has 0 fully saturated rings. The van der Waals surface area contributed by atoms with Crippen LogP contribution in [0.1, 0.15) is 29.2 Å². The number of carbonyl (C=O) groups excluding carboxylic acids is 2. The van der Waals surface area contributed by atoms with E-state index in [-0.39, 0.29) is 23.4 Å². The number of rotatable bonds is 7. The van der Waals surface area contributed by atoms with Gasteiger partial charge in [-0.1, -0.05) is 42.0 Å². The SMILES string of the molecule is Cc1ccc(S(=O)(=O)NCC(=O)NCC(=O)NC2CCc3ccccc32)cc1. The molecule has 0 radical (unpaired) electrons. The first-order valence-electron chi connectivity index (χ1n) is 9.05. The lowest BCUT2D eigenvalue weighted by atomic mass is 10.1. The lowest BCUT2D eigenvalue weighted by molar-refractivity contribution is -0.125. The van der Waals surface area contributed by atoms with Crippen LogP contribution in [0.4, 0.5) is 0 Å². The van der Waals surface area contributed by atoms with E-state index in [1.807, 2.05) is 31.2 Å². The van der Waals surface area contributed by atoms with Gasteiger partial charge in [0.15, 0.2) is 0 Å². The highest BCUT2D eigenvalue weighted by Crippen LogP contribution is 2.30. The largest absolute Gasteiger partial charge is 0.348 e. The number of amides is 2. The minimum absolute atomic E-state index is 0.0550. The van der Waals surface area contributed by atoms with Crippen molar-refractivity contribution >= 4 is 21.8 Å². The van der Waals surface area contributed by atoms with Gasteiger partial charge in [0.1, 0.15) is 0 Å². The fourth-order valence-electron chi connectivity index (χ4n) is 3.16. The van der Waals surface area contributed by atoms with Gasteiger partial charge in [0.25, 0.3) is 0 Å². The Hall–Kier alpha value is -2.71. The summed E-state index contributed by atoms with van der Waals surface area (Å²) in [7, 11) is -3.77. The summed E-state index contributed by atoms with van der Waals surface area (Å²) in [5.74, 6) is -0.880. The molecule has 1 aliphatic rings. The molecule has 1 aliphatic carbocycles. The molecule has 2 aromatic carbocycles. The number of nitrogens with one attached hydrogen (secondary N) is 3. The van der Waals surface area contributed by atoms with Crippen molar-refractivity contribution in [1.29, 1.82) is 0 Å². The Kier molecular flexibility index (Phi) is 6.11. The monoisotopic (exact) mass is 401 g/mol. The molecule has 0 heterocycles. The Morgan fingerprint density at radius 2 is 1.71 bits per heavy atom. The predicted molar refractivity (Wildman–Crippen MR) is 105 cm³/mol. The van der Waals surface area contributed by atoms with Gasteiger partial charge < -0.3 is 10.6 Å². The second kappa shape index (κ2) is 8.53. The quantitative estimate of drug-likeness (QED) is 0.648. The smallest absolute Gasteiger partial charge is 0.241 e. The average molecular weight is 401 g/mol. The van der Waals surface area contributed by atoms with Crippen LogP contribution in [0.15, 0.2) is 53.4 Å². The van der Waals surface area contributed by atoms with Gasteiger partial charge >= 0.3 is 0 Å². The average Bonchev–Trinajstić information content (AvgIpc) is 3.08. The number of carbonyl (C=O) groups is 2. The van der Waals surface area contributed by atoms with Gasteiger partial charge in [0.05, 0.1) is 24.0 Å². The van der Waals surface area contributed by atoms with E-state index in [1.54, 1.807) is 12.1 Å². The van der Waals surface area contributed by atoms with Gasteiger partial charge in [-0.05, 0) is 43.0 Å². The van der Waals surface area contributed by atoms with E-state index in [1.165, 1.54) is 17.7 Å². The summed E-state index contributed by atoms with van der Waals surface area (Å²) < 4.78 is 26.6. The van der Waals surface area contributed by atoms with Crippen LogP contribution >= 0.6 is 0 Å². The molecule has 2 amide bonds. The van der Waals surface area contributed by atoms with Crippen molar-refractivity contribution in [2.45, 2.75) is 30.7 Å². The Morgan fingerprint density at radius 1 is 1.00 bits per heavy atom. The highest BCUT2D eigenvalue weighted by atomic mass is 32.2. The van der Waals surface area contributed by atoms with Crippen LogP contribution in [0, 0.1) is 6.92 Å². The highest BCUT2D eigenvalue weighted by molar-refractivity contribution is 7.89.